The molecule has 0 heterocycles. The molecule has 0 aliphatic heterocycles. The van der Waals surface area contributed by atoms with Crippen molar-refractivity contribution in [3.63, 3.8) is 0 Å². The van der Waals surface area contributed by atoms with Crippen LogP contribution in [0.2, 0.25) is 0 Å². The minimum atomic E-state index is -0.216. The number of hydrogen-bond acceptors (Lipinski definition) is 3. The summed E-state index contributed by atoms with van der Waals surface area (Å²) >= 11 is 0. The Morgan fingerprint density at radius 3 is 2.44 bits per heavy atom. The van der Waals surface area contributed by atoms with Crippen molar-refractivity contribution in [3.05, 3.63) is 0 Å². The quantitative estimate of drug-likeness (QED) is 0.654. The number of carbonyl (C=O) groups is 1. The highest BCUT2D eigenvalue weighted by atomic mass is 16.1. The highest BCUT2D eigenvalue weighted by molar-refractivity contribution is 5.79. The van der Waals surface area contributed by atoms with Gasteiger partial charge in [0.15, 0.2) is 0 Å². The molecular formula is C14H29N3O. The zero-order chi connectivity index (χ0) is 13.7. The van der Waals surface area contributed by atoms with E-state index in [0.717, 1.165) is 13.0 Å². The fourth-order valence-corrected chi connectivity index (χ4v) is 2.26. The van der Waals surface area contributed by atoms with Crippen molar-refractivity contribution in [2.75, 3.05) is 13.6 Å². The van der Waals surface area contributed by atoms with Crippen molar-refractivity contribution in [2.24, 2.45) is 11.7 Å². The summed E-state index contributed by atoms with van der Waals surface area (Å²) in [7, 11) is 2.13. The Bertz CT molecular complexity index is 264. The van der Waals surface area contributed by atoms with Gasteiger partial charge in [-0.15, -0.1) is 0 Å². The van der Waals surface area contributed by atoms with Crippen LogP contribution >= 0.6 is 0 Å². The fourth-order valence-electron chi connectivity index (χ4n) is 2.26. The topological polar surface area (TPSA) is 58.4 Å². The predicted octanol–water partition coefficient (Wildman–Crippen LogP) is 1.35. The van der Waals surface area contributed by atoms with Crippen molar-refractivity contribution in [2.45, 2.75) is 64.6 Å². The van der Waals surface area contributed by atoms with Crippen LogP contribution in [0.4, 0.5) is 0 Å². The van der Waals surface area contributed by atoms with E-state index in [2.05, 4.69) is 38.0 Å². The number of hydrogen-bond donors (Lipinski definition) is 2. The third kappa shape index (κ3) is 5.83. The summed E-state index contributed by atoms with van der Waals surface area (Å²) in [5, 5.41) is 3.32. The summed E-state index contributed by atoms with van der Waals surface area (Å²) in [5.41, 5.74) is 5.44. The molecule has 0 radical (unpaired) electrons. The second-order valence-corrected chi connectivity index (χ2v) is 6.14. The van der Waals surface area contributed by atoms with Gasteiger partial charge in [0.25, 0.3) is 0 Å². The Kier molecular flexibility index (Phi) is 6.09. The Labute approximate surface area is 111 Å². The smallest absolute Gasteiger partial charge is 0.234 e. The van der Waals surface area contributed by atoms with Gasteiger partial charge < -0.3 is 16.0 Å². The van der Waals surface area contributed by atoms with Crippen LogP contribution in [-0.4, -0.2) is 42.5 Å². The van der Waals surface area contributed by atoms with Crippen LogP contribution in [0.25, 0.3) is 0 Å². The van der Waals surface area contributed by atoms with E-state index in [1.54, 1.807) is 0 Å². The normalized spacial score (nSPS) is 19.2. The molecule has 0 saturated heterocycles. The molecule has 3 N–H and O–H groups in total. The lowest BCUT2D eigenvalue weighted by Crippen LogP contribution is -2.45. The average molecular weight is 255 g/mol. The monoisotopic (exact) mass is 255 g/mol. The molecule has 1 saturated carbocycles. The SMILES string of the molecule is CC(C)CC(C)N(C)CCC(NC1CC1)C(N)=O. The number of nitrogens with one attached hydrogen (secondary N) is 1. The van der Waals surface area contributed by atoms with E-state index < -0.39 is 0 Å². The van der Waals surface area contributed by atoms with Gasteiger partial charge in [0.2, 0.25) is 5.91 Å². The largest absolute Gasteiger partial charge is 0.368 e. The minimum absolute atomic E-state index is 0.161. The molecule has 0 spiro atoms. The second kappa shape index (κ2) is 7.10. The van der Waals surface area contributed by atoms with E-state index in [4.69, 9.17) is 5.73 Å². The molecule has 18 heavy (non-hydrogen) atoms. The van der Waals surface area contributed by atoms with Crippen LogP contribution in [-0.2, 0) is 4.79 Å². The molecule has 4 nitrogen and oxygen atoms in total. The molecule has 0 aromatic rings. The fraction of sp³-hybridized carbons (Fsp3) is 0.929. The molecule has 1 rings (SSSR count). The number of rotatable bonds is 9. The molecule has 0 aromatic heterocycles. The predicted molar refractivity (Wildman–Crippen MR) is 75.3 cm³/mol. The maximum atomic E-state index is 11.4. The Balaban J connectivity index is 2.29. The first-order valence-corrected chi connectivity index (χ1v) is 7.15. The third-order valence-corrected chi connectivity index (χ3v) is 3.69. The van der Waals surface area contributed by atoms with Crippen LogP contribution in [0.5, 0.6) is 0 Å². The minimum Gasteiger partial charge on any atom is -0.368 e. The first kappa shape index (κ1) is 15.4. The highest BCUT2D eigenvalue weighted by Gasteiger charge is 2.27. The van der Waals surface area contributed by atoms with E-state index in [0.29, 0.717) is 18.0 Å². The van der Waals surface area contributed by atoms with Crippen LogP contribution < -0.4 is 11.1 Å². The maximum absolute atomic E-state index is 11.4. The summed E-state index contributed by atoms with van der Waals surface area (Å²) in [4.78, 5) is 13.7. The van der Waals surface area contributed by atoms with Crippen molar-refractivity contribution in [1.82, 2.24) is 10.2 Å². The van der Waals surface area contributed by atoms with E-state index in [1.165, 1.54) is 19.3 Å². The summed E-state index contributed by atoms with van der Waals surface area (Å²) in [6.07, 6.45) is 4.37. The summed E-state index contributed by atoms with van der Waals surface area (Å²) in [5.74, 6) is 0.491. The zero-order valence-electron chi connectivity index (χ0n) is 12.3. The van der Waals surface area contributed by atoms with Crippen molar-refractivity contribution in [1.29, 1.82) is 0 Å². The highest BCUT2D eigenvalue weighted by Crippen LogP contribution is 2.20. The van der Waals surface area contributed by atoms with E-state index >= 15 is 0 Å². The molecule has 0 bridgehead atoms. The van der Waals surface area contributed by atoms with Crippen molar-refractivity contribution < 1.29 is 4.79 Å². The second-order valence-electron chi connectivity index (χ2n) is 6.14. The Morgan fingerprint density at radius 2 is 2.00 bits per heavy atom. The van der Waals surface area contributed by atoms with E-state index in [9.17, 15) is 4.79 Å². The first-order chi connectivity index (χ1) is 8.40. The van der Waals surface area contributed by atoms with Gasteiger partial charge in [0, 0.05) is 18.6 Å². The average Bonchev–Trinajstić information content (AvgIpc) is 3.05. The van der Waals surface area contributed by atoms with Crippen LogP contribution in [0.3, 0.4) is 0 Å². The maximum Gasteiger partial charge on any atom is 0.234 e. The Morgan fingerprint density at radius 1 is 1.39 bits per heavy atom. The molecule has 106 valence electrons. The van der Waals surface area contributed by atoms with Crippen molar-refractivity contribution in [3.8, 4) is 0 Å². The lowest BCUT2D eigenvalue weighted by Gasteiger charge is -2.27. The molecule has 1 aliphatic carbocycles. The third-order valence-electron chi connectivity index (χ3n) is 3.69. The Hall–Kier alpha value is -0.610. The zero-order valence-corrected chi connectivity index (χ0v) is 12.3. The van der Waals surface area contributed by atoms with Crippen molar-refractivity contribution >= 4 is 5.91 Å². The number of nitrogens with zero attached hydrogens (tertiary/aromatic N) is 1. The molecule has 1 aliphatic rings. The van der Waals surface area contributed by atoms with Gasteiger partial charge >= 0.3 is 0 Å². The van der Waals surface area contributed by atoms with E-state index in [1.807, 2.05) is 0 Å². The van der Waals surface area contributed by atoms with Crippen LogP contribution in [0, 0.1) is 5.92 Å². The molecule has 2 atom stereocenters. The van der Waals surface area contributed by atoms with Crippen LogP contribution in [0.15, 0.2) is 0 Å². The first-order valence-electron chi connectivity index (χ1n) is 7.15. The van der Waals surface area contributed by atoms with Gasteiger partial charge in [0.1, 0.15) is 0 Å². The number of amides is 1. The molecule has 2 unspecified atom stereocenters. The molecule has 1 amide bonds. The van der Waals surface area contributed by atoms with Gasteiger partial charge in [-0.25, -0.2) is 0 Å². The number of nitrogens with two attached hydrogens (primary N) is 1. The molecular weight excluding hydrogens is 226 g/mol. The molecule has 1 fully saturated rings. The summed E-state index contributed by atoms with van der Waals surface area (Å²) < 4.78 is 0. The molecule has 4 heteroatoms. The van der Waals surface area contributed by atoms with Gasteiger partial charge in [-0.1, -0.05) is 13.8 Å². The van der Waals surface area contributed by atoms with E-state index in [-0.39, 0.29) is 11.9 Å². The lowest BCUT2D eigenvalue weighted by molar-refractivity contribution is -0.120. The van der Waals surface area contributed by atoms with Gasteiger partial charge in [-0.3, -0.25) is 4.79 Å². The summed E-state index contributed by atoms with van der Waals surface area (Å²) in [6.45, 7) is 7.64. The lowest BCUT2D eigenvalue weighted by atomic mass is 10.0. The van der Waals surface area contributed by atoms with Crippen LogP contribution in [0.1, 0.15) is 46.5 Å². The van der Waals surface area contributed by atoms with Gasteiger partial charge in [-0.2, -0.15) is 0 Å². The van der Waals surface area contributed by atoms with Gasteiger partial charge in [0.05, 0.1) is 6.04 Å². The standard InChI is InChI=1S/C14H29N3O/c1-10(2)9-11(3)17(4)8-7-13(14(15)18)16-12-5-6-12/h10-13,16H,5-9H2,1-4H3,(H2,15,18). The number of primary amides is 1. The molecule has 0 aromatic carbocycles. The summed E-state index contributed by atoms with van der Waals surface area (Å²) in [6, 6.07) is 0.923. The van der Waals surface area contributed by atoms with Gasteiger partial charge in [-0.05, 0) is 45.6 Å². The number of carbonyl (C=O) groups excluding carboxylic acids is 1.